The van der Waals surface area contributed by atoms with Crippen molar-refractivity contribution < 1.29 is 39.1 Å². The van der Waals surface area contributed by atoms with Gasteiger partial charge in [0, 0.05) is 0 Å². The van der Waals surface area contributed by atoms with E-state index in [0.717, 1.165) is 5.48 Å². The van der Waals surface area contributed by atoms with Gasteiger partial charge in [0.2, 0.25) is 0 Å². The molecule has 0 rings (SSSR count). The molecule has 0 saturated heterocycles. The summed E-state index contributed by atoms with van der Waals surface area (Å²) in [6.07, 6.45) is -4.02. The maximum atomic E-state index is 10.4. The number of nitrogens with one attached hydrogen (secondary N) is 1. The molecule has 2 unspecified atom stereocenters. The van der Waals surface area contributed by atoms with Crippen molar-refractivity contribution in [3.8, 4) is 0 Å². The van der Waals surface area contributed by atoms with Crippen molar-refractivity contribution in [2.24, 2.45) is 0 Å². The van der Waals surface area contributed by atoms with Gasteiger partial charge in [-0.05, 0) is 0 Å². The molecule has 0 aromatic carbocycles. The van der Waals surface area contributed by atoms with Gasteiger partial charge < -0.3 is 29.1 Å². The number of phosphoric acid groups is 1. The number of aliphatic hydroxyl groups is 2. The van der Waals surface area contributed by atoms with E-state index in [2.05, 4.69) is 4.52 Å². The molecule has 14 heavy (non-hydrogen) atoms. The number of phosphoric ester groups is 1. The summed E-state index contributed by atoms with van der Waals surface area (Å²) in [6, 6.07) is 0. The lowest BCUT2D eigenvalue weighted by molar-refractivity contribution is -0.343. The van der Waals surface area contributed by atoms with E-state index >= 15 is 0 Å². The lowest BCUT2D eigenvalue weighted by atomic mass is 10.2. The maximum Gasteiger partial charge on any atom is 0.274 e. The van der Waals surface area contributed by atoms with E-state index in [1.165, 1.54) is 0 Å². The minimum absolute atomic E-state index is 1.01. The minimum Gasteiger partial charge on any atom is -0.790 e. The first kappa shape index (κ1) is 13.5. The Labute approximate surface area is 78.1 Å². The second kappa shape index (κ2) is 5.37. The monoisotopic (exact) mass is 229 g/mol. The van der Waals surface area contributed by atoms with Crippen LogP contribution >= 0.6 is 7.82 Å². The van der Waals surface area contributed by atoms with Gasteiger partial charge in [-0.2, -0.15) is 0 Å². The van der Waals surface area contributed by atoms with Crippen LogP contribution in [0.5, 0.6) is 0 Å². The highest BCUT2D eigenvalue weighted by molar-refractivity contribution is 7.43. The van der Waals surface area contributed by atoms with Crippen LogP contribution in [0, 0.1) is 0 Å². The van der Waals surface area contributed by atoms with E-state index in [1.54, 1.807) is 0 Å². The zero-order chi connectivity index (χ0) is 11.4. The second-order valence-corrected chi connectivity index (χ2v) is 3.38. The molecule has 1 amide bonds. The number of hydroxylamine groups is 1. The van der Waals surface area contributed by atoms with Gasteiger partial charge in [-0.1, -0.05) is 0 Å². The summed E-state index contributed by atoms with van der Waals surface area (Å²) in [5.74, 6) is -1.35. The molecule has 9 nitrogen and oxygen atoms in total. The highest BCUT2D eigenvalue weighted by Crippen LogP contribution is 2.24. The summed E-state index contributed by atoms with van der Waals surface area (Å²) in [5.41, 5.74) is 1.01. The third kappa shape index (κ3) is 5.25. The molecule has 84 valence electrons. The zero-order valence-corrected chi connectivity index (χ0v) is 7.59. The van der Waals surface area contributed by atoms with Crippen molar-refractivity contribution in [2.75, 3.05) is 6.61 Å². The molecular formula is C4H8NO8P-2. The largest absolute Gasteiger partial charge is 0.790 e. The van der Waals surface area contributed by atoms with Gasteiger partial charge in [0.05, 0.1) is 14.4 Å². The van der Waals surface area contributed by atoms with Gasteiger partial charge in [-0.3, -0.25) is 10.0 Å². The maximum absolute atomic E-state index is 10.4. The molecule has 2 atom stereocenters. The van der Waals surface area contributed by atoms with E-state index in [9.17, 15) is 19.1 Å². The van der Waals surface area contributed by atoms with E-state index < -0.39 is 32.5 Å². The highest BCUT2D eigenvalue weighted by atomic mass is 31.2. The smallest absolute Gasteiger partial charge is 0.274 e. The van der Waals surface area contributed by atoms with Crippen LogP contribution in [0.15, 0.2) is 0 Å². The first-order valence-corrected chi connectivity index (χ1v) is 4.70. The standard InChI is InChI=1S/C4H10NO8P/c6-2(1-13-14(10,11)12)3(7)4(8)5-9/h2-3,6-7,9H,1H2,(H,5,8)(H2,10,11,12)/p-2. The van der Waals surface area contributed by atoms with Crippen LogP contribution in [0.2, 0.25) is 0 Å². The number of carbonyl (C=O) groups excluding carboxylic acids is 1. The fourth-order valence-corrected chi connectivity index (χ4v) is 0.835. The van der Waals surface area contributed by atoms with Gasteiger partial charge in [-0.25, -0.2) is 5.48 Å². The molecule has 0 aliphatic carbocycles. The van der Waals surface area contributed by atoms with Crippen LogP contribution < -0.4 is 15.3 Å². The Morgan fingerprint density at radius 3 is 2.36 bits per heavy atom. The number of aliphatic hydroxyl groups excluding tert-OH is 2. The molecule has 0 spiro atoms. The average Bonchev–Trinajstić information content (AvgIpc) is 2.10. The van der Waals surface area contributed by atoms with Crippen molar-refractivity contribution in [3.63, 3.8) is 0 Å². The van der Waals surface area contributed by atoms with Crippen molar-refractivity contribution in [1.29, 1.82) is 0 Å². The summed E-state index contributed by atoms with van der Waals surface area (Å²) in [6.45, 7) is -1.07. The molecule has 0 aliphatic heterocycles. The molecule has 0 bridgehead atoms. The summed E-state index contributed by atoms with van der Waals surface area (Å²) in [5, 5.41) is 25.6. The zero-order valence-electron chi connectivity index (χ0n) is 6.69. The summed E-state index contributed by atoms with van der Waals surface area (Å²) in [7, 11) is -5.26. The predicted octanol–water partition coefficient (Wildman–Crippen LogP) is -3.94. The third-order valence-electron chi connectivity index (χ3n) is 1.15. The van der Waals surface area contributed by atoms with Gasteiger partial charge in [0.15, 0.2) is 6.10 Å². The van der Waals surface area contributed by atoms with Crippen LogP contribution in [-0.2, 0) is 13.9 Å². The molecular weight excluding hydrogens is 221 g/mol. The van der Waals surface area contributed by atoms with Gasteiger partial charge in [-0.15, -0.1) is 0 Å². The molecule has 0 heterocycles. The van der Waals surface area contributed by atoms with Crippen LogP contribution in [0.25, 0.3) is 0 Å². The van der Waals surface area contributed by atoms with E-state index in [4.69, 9.17) is 15.4 Å². The predicted molar refractivity (Wildman–Crippen MR) is 35.5 cm³/mol. The van der Waals surface area contributed by atoms with Gasteiger partial charge in [0.25, 0.3) is 5.91 Å². The first-order valence-electron chi connectivity index (χ1n) is 3.24. The molecule has 0 saturated carbocycles. The Hall–Kier alpha value is -0.540. The molecule has 10 heteroatoms. The third-order valence-corrected chi connectivity index (χ3v) is 1.61. The number of rotatable bonds is 5. The lowest BCUT2D eigenvalue weighted by Gasteiger charge is -2.30. The SMILES string of the molecule is O=C(NO)C(O)C(O)COP(=O)([O-])[O-]. The van der Waals surface area contributed by atoms with Crippen LogP contribution in [0.1, 0.15) is 0 Å². The van der Waals surface area contributed by atoms with Crippen molar-refractivity contribution in [2.45, 2.75) is 12.2 Å². The molecule has 0 radical (unpaired) electrons. The number of amides is 1. The molecule has 0 fully saturated rings. The van der Waals surface area contributed by atoms with Gasteiger partial charge in [0.1, 0.15) is 6.10 Å². The second-order valence-electron chi connectivity index (χ2n) is 2.23. The summed E-state index contributed by atoms with van der Waals surface area (Å²) < 4.78 is 13.5. The van der Waals surface area contributed by atoms with Crippen molar-refractivity contribution >= 4 is 13.7 Å². The Kier molecular flexibility index (Phi) is 5.16. The van der Waals surface area contributed by atoms with Crippen molar-refractivity contribution in [1.82, 2.24) is 5.48 Å². The fourth-order valence-electron chi connectivity index (χ4n) is 0.500. The number of hydrogen-bond acceptors (Lipinski definition) is 8. The molecule has 0 aromatic heterocycles. The lowest BCUT2D eigenvalue weighted by Crippen LogP contribution is -2.43. The normalized spacial score (nSPS) is 16.1. The van der Waals surface area contributed by atoms with E-state index in [0.29, 0.717) is 0 Å². The summed E-state index contributed by atoms with van der Waals surface area (Å²) in [4.78, 5) is 30.2. The molecule has 4 N–H and O–H groups in total. The van der Waals surface area contributed by atoms with E-state index in [1.807, 2.05) is 0 Å². The number of hydrogen-bond donors (Lipinski definition) is 4. The van der Waals surface area contributed by atoms with Crippen LogP contribution in [-0.4, -0.2) is 40.1 Å². The van der Waals surface area contributed by atoms with E-state index in [-0.39, 0.29) is 0 Å². The minimum atomic E-state index is -5.26. The molecule has 0 aliphatic rings. The highest BCUT2D eigenvalue weighted by Gasteiger charge is 2.24. The van der Waals surface area contributed by atoms with Gasteiger partial charge >= 0.3 is 0 Å². The quantitative estimate of drug-likeness (QED) is 0.211. The Bertz CT molecular complexity index is 237. The average molecular weight is 229 g/mol. The Morgan fingerprint density at radius 2 is 2.00 bits per heavy atom. The van der Waals surface area contributed by atoms with Crippen molar-refractivity contribution in [3.05, 3.63) is 0 Å². The Balaban J connectivity index is 4.02. The van der Waals surface area contributed by atoms with Crippen LogP contribution in [0.3, 0.4) is 0 Å². The topological polar surface area (TPSA) is 162 Å². The number of carbonyl (C=O) groups is 1. The fraction of sp³-hybridized carbons (Fsp3) is 0.750. The summed E-state index contributed by atoms with van der Waals surface area (Å²) >= 11 is 0. The first-order chi connectivity index (χ1) is 6.28. The molecule has 0 aromatic rings. The Morgan fingerprint density at radius 1 is 1.50 bits per heavy atom. The van der Waals surface area contributed by atoms with Crippen LogP contribution in [0.4, 0.5) is 0 Å².